The minimum atomic E-state index is -0.997. The molecular weight excluding hydrogens is 268 g/mol. The molecule has 1 unspecified atom stereocenters. The monoisotopic (exact) mass is 283 g/mol. The number of benzene rings is 1. The molecule has 0 saturated heterocycles. The average Bonchev–Trinajstić information content (AvgIpc) is 2.89. The van der Waals surface area contributed by atoms with E-state index in [9.17, 15) is 13.9 Å². The second-order valence-corrected chi connectivity index (χ2v) is 5.31. The molecule has 2 aromatic rings. The Hall–Kier alpha value is -1.30. The maximum Gasteiger partial charge on any atom is 0.131 e. The minimum Gasteiger partial charge on any atom is -0.387 e. The van der Waals surface area contributed by atoms with Gasteiger partial charge in [-0.25, -0.2) is 8.78 Å². The van der Waals surface area contributed by atoms with Crippen molar-refractivity contribution < 1.29 is 13.9 Å². The van der Waals surface area contributed by atoms with Crippen LogP contribution in [0.5, 0.6) is 0 Å². The molecule has 0 aliphatic carbocycles. The second kappa shape index (κ2) is 6.23. The van der Waals surface area contributed by atoms with E-state index in [2.05, 4.69) is 5.32 Å². The van der Waals surface area contributed by atoms with Gasteiger partial charge in [0, 0.05) is 29.1 Å². The van der Waals surface area contributed by atoms with Crippen LogP contribution in [0.25, 0.3) is 0 Å². The van der Waals surface area contributed by atoms with E-state index in [1.807, 2.05) is 24.4 Å². The van der Waals surface area contributed by atoms with Crippen molar-refractivity contribution in [2.24, 2.45) is 0 Å². The summed E-state index contributed by atoms with van der Waals surface area (Å²) in [4.78, 5) is 1.15. The summed E-state index contributed by atoms with van der Waals surface area (Å²) < 4.78 is 26.2. The van der Waals surface area contributed by atoms with Gasteiger partial charge in [-0.05, 0) is 24.4 Å². The number of aliphatic hydroxyl groups excluding tert-OH is 1. The van der Waals surface area contributed by atoms with E-state index in [0.717, 1.165) is 17.0 Å². The maximum absolute atomic E-state index is 13.5. The number of hydrogen-bond donors (Lipinski definition) is 2. The van der Waals surface area contributed by atoms with Crippen LogP contribution in [-0.2, 0) is 0 Å². The fourth-order valence-electron chi connectivity index (χ4n) is 1.81. The van der Waals surface area contributed by atoms with E-state index in [1.165, 1.54) is 6.07 Å². The van der Waals surface area contributed by atoms with E-state index >= 15 is 0 Å². The molecule has 2 N–H and O–H groups in total. The zero-order chi connectivity index (χ0) is 13.8. The third-order valence-corrected chi connectivity index (χ3v) is 3.96. The summed E-state index contributed by atoms with van der Waals surface area (Å²) in [6.07, 6.45) is -0.997. The largest absolute Gasteiger partial charge is 0.387 e. The number of thiophene rings is 1. The molecule has 5 heteroatoms. The van der Waals surface area contributed by atoms with Gasteiger partial charge < -0.3 is 10.4 Å². The van der Waals surface area contributed by atoms with Gasteiger partial charge in [0.1, 0.15) is 11.6 Å². The van der Waals surface area contributed by atoms with Crippen molar-refractivity contribution in [1.82, 2.24) is 5.32 Å². The molecule has 0 bridgehead atoms. The van der Waals surface area contributed by atoms with Gasteiger partial charge in [-0.3, -0.25) is 0 Å². The molecule has 1 aromatic heterocycles. The van der Waals surface area contributed by atoms with Crippen molar-refractivity contribution in [3.05, 3.63) is 57.8 Å². The van der Waals surface area contributed by atoms with Gasteiger partial charge in [-0.2, -0.15) is 0 Å². The van der Waals surface area contributed by atoms with Gasteiger partial charge in [0.05, 0.1) is 6.10 Å². The predicted molar refractivity (Wildman–Crippen MR) is 72.1 cm³/mol. The van der Waals surface area contributed by atoms with Gasteiger partial charge in [0.25, 0.3) is 0 Å². The molecule has 0 fully saturated rings. The first kappa shape index (κ1) is 14.1. The molecule has 0 spiro atoms. The zero-order valence-electron chi connectivity index (χ0n) is 10.4. The molecule has 0 saturated carbocycles. The van der Waals surface area contributed by atoms with Gasteiger partial charge in [0.15, 0.2) is 0 Å². The number of nitrogens with one attached hydrogen (secondary N) is 1. The van der Waals surface area contributed by atoms with Crippen molar-refractivity contribution >= 4 is 11.3 Å². The first-order valence-corrected chi connectivity index (χ1v) is 6.85. The molecule has 19 heavy (non-hydrogen) atoms. The van der Waals surface area contributed by atoms with Crippen molar-refractivity contribution in [2.75, 3.05) is 6.54 Å². The zero-order valence-corrected chi connectivity index (χ0v) is 11.3. The smallest absolute Gasteiger partial charge is 0.131 e. The fourth-order valence-corrected chi connectivity index (χ4v) is 2.57. The summed E-state index contributed by atoms with van der Waals surface area (Å²) in [5.41, 5.74) is 0.104. The first-order valence-electron chi connectivity index (χ1n) is 5.97. The highest BCUT2D eigenvalue weighted by molar-refractivity contribution is 7.10. The fraction of sp³-hybridized carbons (Fsp3) is 0.286. The molecule has 0 amide bonds. The highest BCUT2D eigenvalue weighted by Gasteiger charge is 2.15. The van der Waals surface area contributed by atoms with Crippen molar-refractivity contribution in [3.8, 4) is 0 Å². The van der Waals surface area contributed by atoms with Gasteiger partial charge in [0.2, 0.25) is 0 Å². The summed E-state index contributed by atoms with van der Waals surface area (Å²) in [6, 6.07) is 7.22. The van der Waals surface area contributed by atoms with E-state index in [0.29, 0.717) is 0 Å². The van der Waals surface area contributed by atoms with Crippen LogP contribution in [0.2, 0.25) is 0 Å². The van der Waals surface area contributed by atoms with Crippen LogP contribution in [0.3, 0.4) is 0 Å². The number of halogens is 2. The quantitative estimate of drug-likeness (QED) is 0.881. The van der Waals surface area contributed by atoms with Gasteiger partial charge in [-0.15, -0.1) is 11.3 Å². The highest BCUT2D eigenvalue weighted by atomic mass is 32.1. The van der Waals surface area contributed by atoms with Crippen LogP contribution < -0.4 is 5.32 Å². The average molecular weight is 283 g/mol. The Morgan fingerprint density at radius 1 is 1.32 bits per heavy atom. The molecule has 0 radical (unpaired) electrons. The van der Waals surface area contributed by atoms with Crippen LogP contribution in [0.15, 0.2) is 35.7 Å². The molecule has 1 heterocycles. The number of hydrogen-bond acceptors (Lipinski definition) is 3. The topological polar surface area (TPSA) is 32.3 Å². The summed E-state index contributed by atoms with van der Waals surface area (Å²) >= 11 is 1.62. The lowest BCUT2D eigenvalue weighted by Gasteiger charge is -2.17. The normalized spacial score (nSPS) is 14.3. The maximum atomic E-state index is 13.5. The second-order valence-electron chi connectivity index (χ2n) is 4.33. The number of aliphatic hydroxyl groups is 1. The molecule has 0 aliphatic rings. The molecule has 0 aliphatic heterocycles. The lowest BCUT2D eigenvalue weighted by molar-refractivity contribution is 0.166. The first-order chi connectivity index (χ1) is 9.08. The summed E-state index contributed by atoms with van der Waals surface area (Å²) in [5.74, 6) is -1.37. The standard InChI is InChI=1S/C14H15F2NOS/c1-9(14-3-2-6-19-14)17-8-13(18)11-5-4-10(15)7-12(11)16/h2-7,9,13,17-18H,8H2,1H3/t9-,13?/m0/s1. The molecule has 1 aromatic carbocycles. The third-order valence-electron chi connectivity index (χ3n) is 2.91. The Morgan fingerprint density at radius 3 is 2.74 bits per heavy atom. The van der Waals surface area contributed by atoms with Crippen molar-refractivity contribution in [3.63, 3.8) is 0 Å². The summed E-state index contributed by atoms with van der Waals surface area (Å²) in [7, 11) is 0. The Morgan fingerprint density at radius 2 is 2.11 bits per heavy atom. The SMILES string of the molecule is C[C@H](NCC(O)c1ccc(F)cc1F)c1cccs1. The molecule has 2 rings (SSSR count). The van der Waals surface area contributed by atoms with Crippen LogP contribution >= 0.6 is 11.3 Å². The summed E-state index contributed by atoms with van der Waals surface area (Å²) in [6.45, 7) is 2.18. The third kappa shape index (κ3) is 3.59. The van der Waals surface area contributed by atoms with Crippen molar-refractivity contribution in [2.45, 2.75) is 19.1 Å². The molecule has 102 valence electrons. The van der Waals surface area contributed by atoms with Gasteiger partial charge >= 0.3 is 0 Å². The van der Waals surface area contributed by atoms with E-state index < -0.39 is 17.7 Å². The Balaban J connectivity index is 1.96. The Labute approximate surface area is 114 Å². The van der Waals surface area contributed by atoms with Crippen LogP contribution in [0.4, 0.5) is 8.78 Å². The molecular formula is C14H15F2NOS. The summed E-state index contributed by atoms with van der Waals surface area (Å²) in [5, 5.41) is 15.0. The van der Waals surface area contributed by atoms with E-state index in [4.69, 9.17) is 0 Å². The van der Waals surface area contributed by atoms with Crippen molar-refractivity contribution in [1.29, 1.82) is 0 Å². The Bertz CT molecular complexity index is 530. The molecule has 2 atom stereocenters. The Kier molecular flexibility index (Phi) is 4.63. The van der Waals surface area contributed by atoms with E-state index in [-0.39, 0.29) is 18.2 Å². The molecule has 2 nitrogen and oxygen atoms in total. The van der Waals surface area contributed by atoms with Crippen LogP contribution in [-0.4, -0.2) is 11.7 Å². The predicted octanol–water partition coefficient (Wildman–Crippen LogP) is 3.41. The van der Waals surface area contributed by atoms with Crippen LogP contribution in [0.1, 0.15) is 29.5 Å². The highest BCUT2D eigenvalue weighted by Crippen LogP contribution is 2.21. The minimum absolute atomic E-state index is 0.0816. The van der Waals surface area contributed by atoms with Crippen LogP contribution in [0, 0.1) is 11.6 Å². The van der Waals surface area contributed by atoms with Gasteiger partial charge in [-0.1, -0.05) is 12.1 Å². The lowest BCUT2D eigenvalue weighted by Crippen LogP contribution is -2.24. The lowest BCUT2D eigenvalue weighted by atomic mass is 10.1. The number of rotatable bonds is 5. The van der Waals surface area contributed by atoms with E-state index in [1.54, 1.807) is 11.3 Å².